The number of carbonyl (C=O) groups is 1. The highest BCUT2D eigenvalue weighted by molar-refractivity contribution is 7.92. The maximum atomic E-state index is 13.1. The van der Waals surface area contributed by atoms with Gasteiger partial charge in [0.15, 0.2) is 0 Å². The second-order valence-corrected chi connectivity index (χ2v) is 9.00. The summed E-state index contributed by atoms with van der Waals surface area (Å²) in [5.41, 5.74) is 15.4. The van der Waals surface area contributed by atoms with Crippen LogP contribution in [0, 0.1) is 6.92 Å². The Balaban J connectivity index is 2.00. The second-order valence-electron chi connectivity index (χ2n) is 7.32. The molecule has 0 saturated carbocycles. The van der Waals surface area contributed by atoms with E-state index in [0.717, 1.165) is 5.39 Å². The minimum Gasteiger partial charge on any atom is -0.393 e. The fraction of sp³-hybridized carbons (Fsp3) is 0.190. The molecule has 8 N–H and O–H groups in total. The number of nitrogens with zero attached hydrogens (tertiary/aromatic N) is 1. The maximum Gasteiger partial charge on any atom is 0.272 e. The lowest BCUT2D eigenvalue weighted by Gasteiger charge is -2.18. The number of fused-ring (bicyclic) bond motifs is 1. The number of hydrogen-bond donors (Lipinski definition) is 5. The minimum atomic E-state index is -4.17. The van der Waals surface area contributed by atoms with Crippen LogP contribution in [0.3, 0.4) is 0 Å². The third-order valence-corrected chi connectivity index (χ3v) is 6.20. The number of nitrogens with two attached hydrogens (primary N) is 3. The third-order valence-electron chi connectivity index (χ3n) is 4.85. The van der Waals surface area contributed by atoms with Crippen molar-refractivity contribution in [3.63, 3.8) is 0 Å². The molecule has 1 heterocycles. The van der Waals surface area contributed by atoms with Gasteiger partial charge in [-0.3, -0.25) is 14.3 Å². The average Bonchev–Trinajstić information content (AvgIpc) is 2.75. The molecule has 1 amide bonds. The molecule has 1 aromatic heterocycles. The summed E-state index contributed by atoms with van der Waals surface area (Å²) in [7, 11) is -4.17. The van der Waals surface area contributed by atoms with Gasteiger partial charge in [0, 0.05) is 5.69 Å². The molecule has 12 heteroatoms. The van der Waals surface area contributed by atoms with Gasteiger partial charge in [0.25, 0.3) is 15.6 Å². The first-order chi connectivity index (χ1) is 15.6. The van der Waals surface area contributed by atoms with Crippen molar-refractivity contribution in [1.29, 1.82) is 0 Å². The van der Waals surface area contributed by atoms with Crippen molar-refractivity contribution < 1.29 is 18.0 Å². The van der Waals surface area contributed by atoms with Crippen molar-refractivity contribution in [2.24, 2.45) is 22.4 Å². The van der Waals surface area contributed by atoms with Crippen LogP contribution < -0.4 is 27.5 Å². The maximum absolute atomic E-state index is 13.1. The molecule has 33 heavy (non-hydrogen) atoms. The van der Waals surface area contributed by atoms with Gasteiger partial charge in [0.05, 0.1) is 10.8 Å². The van der Waals surface area contributed by atoms with Gasteiger partial charge in [-0.2, -0.15) is 0 Å². The zero-order valence-corrected chi connectivity index (χ0v) is 18.6. The van der Waals surface area contributed by atoms with Crippen molar-refractivity contribution in [3.8, 4) is 0 Å². The Labute approximate surface area is 189 Å². The Bertz CT molecular complexity index is 1380. The number of guanidine groups is 1. The number of rotatable bonds is 9. The van der Waals surface area contributed by atoms with Crippen LogP contribution in [0.4, 0.5) is 5.69 Å². The average molecular weight is 473 g/mol. The van der Waals surface area contributed by atoms with E-state index in [1.807, 2.05) is 12.1 Å². The molecule has 0 aliphatic rings. The fourth-order valence-electron chi connectivity index (χ4n) is 3.36. The normalized spacial score (nSPS) is 12.2. The lowest BCUT2D eigenvalue weighted by molar-refractivity contribution is -0.119. The second kappa shape index (κ2) is 9.61. The summed E-state index contributed by atoms with van der Waals surface area (Å²) < 4.78 is 28.5. The van der Waals surface area contributed by atoms with Gasteiger partial charge in [0.2, 0.25) is 11.9 Å². The molecule has 0 saturated heterocycles. The molecule has 0 fully saturated rings. The lowest BCUT2D eigenvalue weighted by Crippen LogP contribution is -2.29. The van der Waals surface area contributed by atoms with Crippen molar-refractivity contribution in [3.05, 3.63) is 70.1 Å². The summed E-state index contributed by atoms with van der Waals surface area (Å²) in [5.74, 6) is -2.13. The molecule has 11 nitrogen and oxygen atoms in total. The SMILES string of the molecule is Cc1cc(C(CCON=C(N)N)C(N)=O)c(NS(=O)(=O)c2ccc3ccccc3c2)c(=O)[nH]1. The number of sulfonamides is 1. The number of carbonyl (C=O) groups excluding carboxylic acids is 1. The molecule has 0 aliphatic heterocycles. The van der Waals surface area contributed by atoms with Gasteiger partial charge >= 0.3 is 0 Å². The smallest absolute Gasteiger partial charge is 0.272 e. The van der Waals surface area contributed by atoms with Crippen molar-refractivity contribution in [1.82, 2.24) is 4.98 Å². The Morgan fingerprint density at radius 2 is 1.82 bits per heavy atom. The number of aryl methyl sites for hydroxylation is 1. The first kappa shape index (κ1) is 23.6. The summed E-state index contributed by atoms with van der Waals surface area (Å²) in [6.07, 6.45) is -0.000289. The van der Waals surface area contributed by atoms with E-state index in [9.17, 15) is 18.0 Å². The molecule has 3 rings (SSSR count). The number of pyridine rings is 1. The number of H-pyrrole nitrogens is 1. The summed E-state index contributed by atoms with van der Waals surface area (Å²) in [6, 6.07) is 13.3. The topological polar surface area (TPSA) is 196 Å². The molecule has 174 valence electrons. The van der Waals surface area contributed by atoms with E-state index in [0.29, 0.717) is 11.1 Å². The summed E-state index contributed by atoms with van der Waals surface area (Å²) in [5, 5.41) is 4.95. The number of oxime groups is 1. The molecule has 0 bridgehead atoms. The van der Waals surface area contributed by atoms with E-state index < -0.39 is 27.4 Å². The summed E-state index contributed by atoms with van der Waals surface area (Å²) in [4.78, 5) is 32.3. The van der Waals surface area contributed by atoms with E-state index in [1.165, 1.54) is 18.2 Å². The molecule has 1 unspecified atom stereocenters. The molecule has 0 radical (unpaired) electrons. The van der Waals surface area contributed by atoms with Crippen LogP contribution in [-0.4, -0.2) is 31.9 Å². The Hall–Kier alpha value is -4.06. The molecule has 2 aromatic carbocycles. The number of anilines is 1. The van der Waals surface area contributed by atoms with Gasteiger partial charge in [-0.05, 0) is 53.0 Å². The number of amides is 1. The number of hydrogen-bond acceptors (Lipinski definition) is 6. The van der Waals surface area contributed by atoms with Crippen LogP contribution in [0.5, 0.6) is 0 Å². The number of benzene rings is 2. The summed E-state index contributed by atoms with van der Waals surface area (Å²) >= 11 is 0. The highest BCUT2D eigenvalue weighted by atomic mass is 32.2. The lowest BCUT2D eigenvalue weighted by atomic mass is 9.94. The molecule has 1 atom stereocenters. The highest BCUT2D eigenvalue weighted by Gasteiger charge is 2.27. The van der Waals surface area contributed by atoms with E-state index in [1.54, 1.807) is 25.1 Å². The Morgan fingerprint density at radius 1 is 1.12 bits per heavy atom. The zero-order chi connectivity index (χ0) is 24.2. The van der Waals surface area contributed by atoms with E-state index in [2.05, 4.69) is 14.9 Å². The first-order valence-electron chi connectivity index (χ1n) is 9.84. The third kappa shape index (κ3) is 5.60. The van der Waals surface area contributed by atoms with Crippen molar-refractivity contribution >= 4 is 38.3 Å². The van der Waals surface area contributed by atoms with Crippen LogP contribution in [0.2, 0.25) is 0 Å². The van der Waals surface area contributed by atoms with Crippen LogP contribution >= 0.6 is 0 Å². The quantitative estimate of drug-likeness (QED) is 0.131. The standard InChI is InChI=1S/C21H24N6O5S/c1-12-10-17(16(19(22)28)8-9-32-26-21(23)24)18(20(29)25-12)27-33(30,31)15-7-6-13-4-2-3-5-14(13)11-15/h2-7,10-11,16,27H,8-9H2,1H3,(H2,22,28)(H,25,29)(H4,23,24,26). The van der Waals surface area contributed by atoms with E-state index in [-0.39, 0.29) is 35.1 Å². The van der Waals surface area contributed by atoms with Gasteiger partial charge < -0.3 is 27.0 Å². The van der Waals surface area contributed by atoms with E-state index in [4.69, 9.17) is 22.0 Å². The van der Waals surface area contributed by atoms with Crippen molar-refractivity contribution in [2.45, 2.75) is 24.2 Å². The molecule has 0 aliphatic carbocycles. The first-order valence-corrected chi connectivity index (χ1v) is 11.3. The molecule has 0 spiro atoms. The van der Waals surface area contributed by atoms with Gasteiger partial charge in [-0.15, -0.1) is 0 Å². The zero-order valence-electron chi connectivity index (χ0n) is 17.7. The van der Waals surface area contributed by atoms with Crippen LogP contribution in [0.1, 0.15) is 23.6 Å². The molecular formula is C21H24N6O5S. The van der Waals surface area contributed by atoms with Crippen LogP contribution in [-0.2, 0) is 19.7 Å². The Morgan fingerprint density at radius 3 is 2.48 bits per heavy atom. The predicted molar refractivity (Wildman–Crippen MR) is 125 cm³/mol. The number of nitrogens with one attached hydrogen (secondary N) is 2. The number of primary amides is 1. The van der Waals surface area contributed by atoms with Gasteiger partial charge in [0.1, 0.15) is 12.3 Å². The number of aromatic amines is 1. The van der Waals surface area contributed by atoms with Crippen LogP contribution in [0.25, 0.3) is 10.8 Å². The molecular weight excluding hydrogens is 448 g/mol. The van der Waals surface area contributed by atoms with Gasteiger partial charge in [-0.1, -0.05) is 30.3 Å². The fourth-order valence-corrected chi connectivity index (χ4v) is 4.49. The monoisotopic (exact) mass is 472 g/mol. The largest absolute Gasteiger partial charge is 0.393 e. The predicted octanol–water partition coefficient (Wildman–Crippen LogP) is 0.801. The van der Waals surface area contributed by atoms with Crippen molar-refractivity contribution in [2.75, 3.05) is 11.3 Å². The highest BCUT2D eigenvalue weighted by Crippen LogP contribution is 2.28. The summed E-state index contributed by atoms with van der Waals surface area (Å²) in [6.45, 7) is 1.49. The number of aromatic nitrogens is 1. The van der Waals surface area contributed by atoms with Gasteiger partial charge in [-0.25, -0.2) is 8.42 Å². The molecule has 3 aromatic rings. The van der Waals surface area contributed by atoms with E-state index >= 15 is 0 Å². The Kier molecular flexibility index (Phi) is 6.87. The minimum absolute atomic E-state index is 0.000289. The van der Waals surface area contributed by atoms with Crippen LogP contribution in [0.15, 0.2) is 63.4 Å².